The number of allylic oxidation sites excluding steroid dienone is 2. The monoisotopic (exact) mass is 184 g/mol. The fraction of sp³-hybridized carbons (Fsp3) is 0.556. The maximum absolute atomic E-state index is 11.1. The van der Waals surface area contributed by atoms with Crippen LogP contribution >= 0.6 is 0 Å². The van der Waals surface area contributed by atoms with Crippen LogP contribution in [-0.4, -0.2) is 30.4 Å². The molecule has 0 saturated carbocycles. The van der Waals surface area contributed by atoms with Crippen molar-refractivity contribution < 1.29 is 9.53 Å². The second-order valence-electron chi connectivity index (χ2n) is 2.56. The van der Waals surface area contributed by atoms with E-state index in [9.17, 15) is 4.79 Å². The first kappa shape index (κ1) is 11.7. The minimum Gasteiger partial charge on any atom is -0.460 e. The van der Waals surface area contributed by atoms with E-state index in [1.54, 1.807) is 14.0 Å². The van der Waals surface area contributed by atoms with Crippen LogP contribution in [0.15, 0.2) is 11.8 Å². The molecule has 0 radical (unpaired) electrons. The molecule has 1 N–H and O–H groups in total. The Kier molecular flexibility index (Phi) is 4.80. The summed E-state index contributed by atoms with van der Waals surface area (Å²) in [4.78, 5) is 12.6. The molecule has 0 aliphatic carbocycles. The van der Waals surface area contributed by atoms with E-state index in [2.05, 4.69) is 4.74 Å². The summed E-state index contributed by atoms with van der Waals surface area (Å²) >= 11 is 0. The molecule has 0 bridgehead atoms. The van der Waals surface area contributed by atoms with Crippen molar-refractivity contribution >= 4 is 11.8 Å². The molecule has 4 nitrogen and oxygen atoms in total. The molecule has 0 atom stereocenters. The summed E-state index contributed by atoms with van der Waals surface area (Å²) in [5.41, 5.74) is 0.845. The summed E-state index contributed by atoms with van der Waals surface area (Å²) in [6.07, 6.45) is 1.83. The van der Waals surface area contributed by atoms with Gasteiger partial charge >= 0.3 is 5.97 Å². The van der Waals surface area contributed by atoms with Crippen molar-refractivity contribution in [3.8, 4) is 0 Å². The third kappa shape index (κ3) is 3.27. The van der Waals surface area contributed by atoms with E-state index in [4.69, 9.17) is 5.41 Å². The molecular formula is C9H16N2O2. The summed E-state index contributed by atoms with van der Waals surface area (Å²) < 4.78 is 4.69. The molecular weight excluding hydrogens is 168 g/mol. The molecule has 0 aromatic carbocycles. The Balaban J connectivity index is 4.34. The lowest BCUT2D eigenvalue weighted by atomic mass is 10.4. The van der Waals surface area contributed by atoms with Gasteiger partial charge < -0.3 is 9.64 Å². The lowest BCUT2D eigenvalue weighted by molar-refractivity contribution is -0.135. The third-order valence-electron chi connectivity index (χ3n) is 1.75. The molecule has 0 aromatic rings. The van der Waals surface area contributed by atoms with Crippen molar-refractivity contribution in [1.29, 1.82) is 5.41 Å². The molecule has 0 unspecified atom stereocenters. The second kappa shape index (κ2) is 5.35. The van der Waals surface area contributed by atoms with Gasteiger partial charge in [-0.2, -0.15) is 0 Å². The zero-order chi connectivity index (χ0) is 10.4. The number of ether oxygens (including phenoxy) is 1. The van der Waals surface area contributed by atoms with Crippen LogP contribution in [0.2, 0.25) is 0 Å². The Morgan fingerprint density at radius 2 is 2.15 bits per heavy atom. The van der Waals surface area contributed by atoms with Crippen LogP contribution < -0.4 is 0 Å². The maximum atomic E-state index is 11.1. The Labute approximate surface area is 78.7 Å². The number of nitrogens with zero attached hydrogens (tertiary/aromatic N) is 1. The smallest absolute Gasteiger partial charge is 0.373 e. The molecule has 0 spiro atoms. The van der Waals surface area contributed by atoms with E-state index in [0.717, 1.165) is 5.70 Å². The number of carbonyl (C=O) groups is 1. The molecule has 0 aromatic heterocycles. The number of carbonyl (C=O) groups excluding carboxylic acids is 1. The van der Waals surface area contributed by atoms with Gasteiger partial charge in [0.15, 0.2) is 0 Å². The molecule has 0 fully saturated rings. The van der Waals surface area contributed by atoms with E-state index in [-0.39, 0.29) is 5.84 Å². The first-order valence-electron chi connectivity index (χ1n) is 4.16. The summed E-state index contributed by atoms with van der Waals surface area (Å²) in [5.74, 6) is -0.733. The minimum absolute atomic E-state index is 0.141. The number of rotatable bonds is 2. The van der Waals surface area contributed by atoms with Crippen LogP contribution in [0.4, 0.5) is 0 Å². The molecule has 74 valence electrons. The average molecular weight is 184 g/mol. The third-order valence-corrected chi connectivity index (χ3v) is 1.75. The highest BCUT2D eigenvalue weighted by Crippen LogP contribution is 2.01. The van der Waals surface area contributed by atoms with Gasteiger partial charge in [-0.1, -0.05) is 6.08 Å². The second-order valence-corrected chi connectivity index (χ2v) is 2.56. The standard InChI is InChI=1S/C9H16N2O2/c1-5-7(3)11(4)8(10)9(12)13-6-2/h5,10H,6H2,1-4H3/b7-5-,10-8?. The highest BCUT2D eigenvalue weighted by Gasteiger charge is 2.15. The van der Waals surface area contributed by atoms with Crippen LogP contribution in [0.1, 0.15) is 20.8 Å². The van der Waals surface area contributed by atoms with Gasteiger partial charge in [0.05, 0.1) is 6.61 Å². The van der Waals surface area contributed by atoms with Gasteiger partial charge in [0.25, 0.3) is 0 Å². The van der Waals surface area contributed by atoms with Crippen LogP contribution in [0.25, 0.3) is 0 Å². The number of hydrogen-bond acceptors (Lipinski definition) is 3. The first-order chi connectivity index (χ1) is 6.04. The van der Waals surface area contributed by atoms with Crippen molar-refractivity contribution in [2.75, 3.05) is 13.7 Å². The van der Waals surface area contributed by atoms with Gasteiger partial charge in [0.2, 0.25) is 5.84 Å². The molecule has 0 saturated heterocycles. The lowest BCUT2D eigenvalue weighted by Crippen LogP contribution is -2.32. The summed E-state index contributed by atoms with van der Waals surface area (Å²) in [6.45, 7) is 5.69. The maximum Gasteiger partial charge on any atom is 0.373 e. The van der Waals surface area contributed by atoms with Crippen LogP contribution in [0.5, 0.6) is 0 Å². The molecule has 0 heterocycles. The minimum atomic E-state index is -0.591. The molecule has 4 heteroatoms. The van der Waals surface area contributed by atoms with Crippen LogP contribution in [-0.2, 0) is 9.53 Å². The van der Waals surface area contributed by atoms with E-state index in [1.807, 2.05) is 19.9 Å². The van der Waals surface area contributed by atoms with Crippen molar-refractivity contribution in [3.05, 3.63) is 11.8 Å². The predicted octanol–water partition coefficient (Wildman–Crippen LogP) is 1.38. The fourth-order valence-corrected chi connectivity index (χ4v) is 0.706. The van der Waals surface area contributed by atoms with E-state index in [0.29, 0.717) is 6.61 Å². The average Bonchev–Trinajstić information content (AvgIpc) is 2.14. The number of amidine groups is 1. The Hall–Kier alpha value is -1.32. The van der Waals surface area contributed by atoms with Crippen molar-refractivity contribution in [3.63, 3.8) is 0 Å². The van der Waals surface area contributed by atoms with Gasteiger partial charge in [-0.05, 0) is 20.8 Å². The van der Waals surface area contributed by atoms with Crippen molar-refractivity contribution in [2.24, 2.45) is 0 Å². The number of esters is 1. The number of likely N-dealkylation sites (N-methyl/N-ethyl adjacent to an activating group) is 1. The van der Waals surface area contributed by atoms with Crippen molar-refractivity contribution in [2.45, 2.75) is 20.8 Å². The molecule has 0 aliphatic rings. The van der Waals surface area contributed by atoms with Crippen molar-refractivity contribution in [1.82, 2.24) is 4.90 Å². The van der Waals surface area contributed by atoms with Gasteiger partial charge in [-0.15, -0.1) is 0 Å². The fourth-order valence-electron chi connectivity index (χ4n) is 0.706. The lowest BCUT2D eigenvalue weighted by Gasteiger charge is -2.18. The molecule has 13 heavy (non-hydrogen) atoms. The normalized spacial score (nSPS) is 10.9. The zero-order valence-electron chi connectivity index (χ0n) is 8.55. The first-order valence-corrected chi connectivity index (χ1v) is 4.16. The van der Waals surface area contributed by atoms with Crippen LogP contribution in [0, 0.1) is 5.41 Å². The van der Waals surface area contributed by atoms with Gasteiger partial charge in [0, 0.05) is 12.7 Å². The van der Waals surface area contributed by atoms with E-state index < -0.39 is 5.97 Å². The van der Waals surface area contributed by atoms with E-state index >= 15 is 0 Å². The van der Waals surface area contributed by atoms with Crippen LogP contribution in [0.3, 0.4) is 0 Å². The quantitative estimate of drug-likeness (QED) is 0.401. The Bertz CT molecular complexity index is 234. The van der Waals surface area contributed by atoms with Gasteiger partial charge in [-0.3, -0.25) is 5.41 Å². The summed E-state index contributed by atoms with van der Waals surface area (Å²) in [5, 5.41) is 7.45. The highest BCUT2D eigenvalue weighted by atomic mass is 16.5. The highest BCUT2D eigenvalue weighted by molar-refractivity contribution is 6.34. The topological polar surface area (TPSA) is 53.4 Å². The largest absolute Gasteiger partial charge is 0.460 e. The molecule has 0 aliphatic heterocycles. The Morgan fingerprint density at radius 3 is 2.54 bits per heavy atom. The summed E-state index contributed by atoms with van der Waals surface area (Å²) in [7, 11) is 1.66. The Morgan fingerprint density at radius 1 is 1.62 bits per heavy atom. The van der Waals surface area contributed by atoms with Gasteiger partial charge in [0.1, 0.15) is 0 Å². The molecule has 0 rings (SSSR count). The van der Waals surface area contributed by atoms with Gasteiger partial charge in [-0.25, -0.2) is 4.79 Å². The zero-order valence-corrected chi connectivity index (χ0v) is 8.55. The number of hydrogen-bond donors (Lipinski definition) is 1. The SMILES string of the molecule is C/C=C(/C)N(C)C(=N)C(=O)OCC. The summed E-state index contributed by atoms with van der Waals surface area (Å²) in [6, 6.07) is 0. The molecule has 0 amide bonds. The number of nitrogens with one attached hydrogen (secondary N) is 1. The van der Waals surface area contributed by atoms with E-state index in [1.165, 1.54) is 4.90 Å². The predicted molar refractivity (Wildman–Crippen MR) is 51.6 cm³/mol.